The Bertz CT molecular complexity index is 499. The lowest BCUT2D eigenvalue weighted by Gasteiger charge is -2.28. The molecule has 7 atom stereocenters. The number of carbonyl (C=O) groups is 3. The van der Waals surface area contributed by atoms with E-state index in [0.29, 0.717) is 5.75 Å². The van der Waals surface area contributed by atoms with Gasteiger partial charge in [0.05, 0.1) is 23.8 Å². The summed E-state index contributed by atoms with van der Waals surface area (Å²) in [6.45, 7) is 0. The molecule has 1 saturated heterocycles. The Labute approximate surface area is 149 Å². The molecular weight excluding hydrogens is 438 g/mol. The van der Waals surface area contributed by atoms with Crippen molar-refractivity contribution in [1.29, 1.82) is 0 Å². The van der Waals surface area contributed by atoms with Crippen molar-refractivity contribution in [2.45, 2.75) is 28.5 Å². The number of halogens is 2. The highest BCUT2D eigenvalue weighted by atomic mass is 79.9. The quantitative estimate of drug-likeness (QED) is 0.450. The fraction of sp³-hybridized carbons (Fsp3) is 0.786. The van der Waals surface area contributed by atoms with Gasteiger partial charge in [-0.2, -0.15) is 11.8 Å². The van der Waals surface area contributed by atoms with Crippen molar-refractivity contribution < 1.29 is 19.5 Å². The lowest BCUT2D eigenvalue weighted by atomic mass is 9.81. The Balaban J connectivity index is 1.88. The number of nitrogens with zero attached hydrogens (tertiary/aromatic N) is 1. The summed E-state index contributed by atoms with van der Waals surface area (Å²) in [5.41, 5.74) is 0. The number of aliphatic carboxylic acids is 1. The molecule has 0 spiro atoms. The number of carbonyl (C=O) groups excluding carboxylic acids is 3. The van der Waals surface area contributed by atoms with Crippen molar-refractivity contribution >= 4 is 61.4 Å². The zero-order valence-corrected chi connectivity index (χ0v) is 15.9. The second kappa shape index (κ2) is 6.09. The number of fused-ring (bicyclic) bond motifs is 5. The molecule has 22 heavy (non-hydrogen) atoms. The van der Waals surface area contributed by atoms with Crippen LogP contribution in [0.5, 0.6) is 0 Å². The molecule has 1 heterocycles. The van der Waals surface area contributed by atoms with Crippen LogP contribution in [0, 0.1) is 23.7 Å². The van der Waals surface area contributed by atoms with Gasteiger partial charge in [0.1, 0.15) is 0 Å². The van der Waals surface area contributed by atoms with E-state index in [9.17, 15) is 19.5 Å². The van der Waals surface area contributed by atoms with Gasteiger partial charge in [-0.3, -0.25) is 14.5 Å². The van der Waals surface area contributed by atoms with E-state index >= 15 is 0 Å². The number of imide groups is 1. The van der Waals surface area contributed by atoms with E-state index in [1.54, 1.807) is 0 Å². The highest BCUT2D eigenvalue weighted by Crippen LogP contribution is 2.60. The van der Waals surface area contributed by atoms with E-state index in [2.05, 4.69) is 31.9 Å². The van der Waals surface area contributed by atoms with E-state index in [1.807, 2.05) is 6.26 Å². The Morgan fingerprint density at radius 3 is 2.18 bits per heavy atom. The summed E-state index contributed by atoms with van der Waals surface area (Å²) in [4.78, 5) is 38.2. The second-order valence-corrected chi connectivity index (χ2v) is 9.27. The number of thioether (sulfide) groups is 1. The smallest absolute Gasteiger partial charge is 0.234 e. The fourth-order valence-electron chi connectivity index (χ4n) is 4.26. The molecule has 5 nitrogen and oxygen atoms in total. The van der Waals surface area contributed by atoms with Crippen molar-refractivity contribution in [2.75, 3.05) is 12.0 Å². The molecule has 2 amide bonds. The van der Waals surface area contributed by atoms with Gasteiger partial charge in [-0.25, -0.2) is 0 Å². The van der Waals surface area contributed by atoms with Gasteiger partial charge in [0.15, 0.2) is 0 Å². The molecule has 0 aromatic carbocycles. The summed E-state index contributed by atoms with van der Waals surface area (Å²) in [5, 5.41) is 11.4. The number of rotatable bonds is 5. The topological polar surface area (TPSA) is 77.5 Å². The largest absolute Gasteiger partial charge is 0.548 e. The second-order valence-electron chi connectivity index (χ2n) is 6.17. The van der Waals surface area contributed by atoms with E-state index < -0.39 is 12.0 Å². The Kier molecular flexibility index (Phi) is 4.64. The Morgan fingerprint density at radius 1 is 1.27 bits per heavy atom. The number of hydrogen-bond acceptors (Lipinski definition) is 5. The molecule has 0 radical (unpaired) electrons. The van der Waals surface area contributed by atoms with Gasteiger partial charge in [0.2, 0.25) is 11.8 Å². The highest BCUT2D eigenvalue weighted by Gasteiger charge is 2.67. The number of hydrogen-bond donors (Lipinski definition) is 0. The van der Waals surface area contributed by atoms with Crippen LogP contribution >= 0.6 is 43.6 Å². The third-order valence-corrected chi connectivity index (χ3v) is 9.05. The van der Waals surface area contributed by atoms with Crippen molar-refractivity contribution in [3.8, 4) is 0 Å². The lowest BCUT2D eigenvalue weighted by molar-refractivity contribution is -0.311. The number of alkyl halides is 2. The van der Waals surface area contributed by atoms with Crippen LogP contribution in [0.4, 0.5) is 0 Å². The minimum Gasteiger partial charge on any atom is -0.548 e. The van der Waals surface area contributed by atoms with Crippen LogP contribution in [0.3, 0.4) is 0 Å². The summed E-state index contributed by atoms with van der Waals surface area (Å²) in [7, 11) is 0. The average molecular weight is 454 g/mol. The Morgan fingerprint density at radius 2 is 1.77 bits per heavy atom. The first-order valence-electron chi connectivity index (χ1n) is 7.25. The van der Waals surface area contributed by atoms with Crippen LogP contribution < -0.4 is 5.11 Å². The van der Waals surface area contributed by atoms with Crippen molar-refractivity contribution in [1.82, 2.24) is 4.90 Å². The number of likely N-dealkylation sites (tertiary alicyclic amines) is 1. The van der Waals surface area contributed by atoms with Crippen molar-refractivity contribution in [3.63, 3.8) is 0 Å². The zero-order chi connectivity index (χ0) is 16.2. The maximum atomic E-state index is 12.7. The van der Waals surface area contributed by atoms with Crippen LogP contribution in [0.1, 0.15) is 12.8 Å². The summed E-state index contributed by atoms with van der Waals surface area (Å²) >= 11 is 8.71. The maximum absolute atomic E-state index is 12.7. The Hall–Kier alpha value is -0.0800. The first-order chi connectivity index (χ1) is 10.4. The SMILES string of the molecule is CSCC[C@H](C(=O)[O-])N1C(=O)[C@@H]2[C@@H]3C[C@@H]([C@@H](Br)[C@@H]3Br)[C@@H]2C1=O. The molecule has 0 aromatic heterocycles. The first-order valence-corrected chi connectivity index (χ1v) is 10.5. The molecule has 3 fully saturated rings. The van der Waals surface area contributed by atoms with E-state index in [0.717, 1.165) is 11.3 Å². The molecule has 2 saturated carbocycles. The van der Waals surface area contributed by atoms with E-state index in [4.69, 9.17) is 0 Å². The molecule has 3 rings (SSSR count). The summed E-state index contributed by atoms with van der Waals surface area (Å²) < 4.78 is 0. The molecule has 0 unspecified atom stereocenters. The van der Waals surface area contributed by atoms with Crippen LogP contribution in [0.15, 0.2) is 0 Å². The molecular formula is C14H16Br2NO4S-. The standard InChI is InChI=1S/C14H17Br2NO4S/c1-22-3-2-7(14(20)21)17-12(18)8-5-4-6(9(8)13(17)19)11(16)10(5)15/h5-11H,2-4H2,1H3,(H,20,21)/p-1/t5-,6+,7-,8+,9-,10-,11-/m1/s1. The summed E-state index contributed by atoms with van der Waals surface area (Å²) in [6.07, 6.45) is 2.94. The van der Waals surface area contributed by atoms with E-state index in [1.165, 1.54) is 11.8 Å². The third-order valence-electron chi connectivity index (χ3n) is 5.20. The van der Waals surface area contributed by atoms with Crippen LogP contribution in [-0.4, -0.2) is 50.4 Å². The minimum atomic E-state index is -1.34. The van der Waals surface area contributed by atoms with Crippen LogP contribution in [-0.2, 0) is 14.4 Å². The monoisotopic (exact) mass is 452 g/mol. The van der Waals surface area contributed by atoms with Gasteiger partial charge in [-0.15, -0.1) is 0 Å². The van der Waals surface area contributed by atoms with Gasteiger partial charge >= 0.3 is 0 Å². The van der Waals surface area contributed by atoms with Crippen molar-refractivity contribution in [2.24, 2.45) is 23.7 Å². The van der Waals surface area contributed by atoms with Crippen LogP contribution in [0.2, 0.25) is 0 Å². The van der Waals surface area contributed by atoms with Gasteiger partial charge in [0.25, 0.3) is 0 Å². The average Bonchev–Trinajstić information content (AvgIpc) is 3.06. The van der Waals surface area contributed by atoms with Gasteiger partial charge in [-0.1, -0.05) is 31.9 Å². The molecule has 122 valence electrons. The number of carboxylic acid groups (broad SMARTS) is 1. The number of amides is 2. The summed E-state index contributed by atoms with van der Waals surface area (Å²) in [5.74, 6) is -1.94. The summed E-state index contributed by atoms with van der Waals surface area (Å²) in [6, 6.07) is -1.14. The molecule has 0 N–H and O–H groups in total. The molecule has 2 aliphatic carbocycles. The minimum absolute atomic E-state index is 0.101. The first kappa shape index (κ1) is 16.8. The predicted molar refractivity (Wildman–Crippen MR) is 87.7 cm³/mol. The van der Waals surface area contributed by atoms with Crippen LogP contribution in [0.25, 0.3) is 0 Å². The predicted octanol–water partition coefficient (Wildman–Crippen LogP) is 0.636. The van der Waals surface area contributed by atoms with Gasteiger partial charge in [0, 0.05) is 9.65 Å². The van der Waals surface area contributed by atoms with Gasteiger partial charge in [-0.05, 0) is 36.7 Å². The highest BCUT2D eigenvalue weighted by molar-refractivity contribution is 9.12. The van der Waals surface area contributed by atoms with E-state index in [-0.39, 0.29) is 51.6 Å². The molecule has 2 bridgehead atoms. The molecule has 8 heteroatoms. The zero-order valence-electron chi connectivity index (χ0n) is 11.9. The third kappa shape index (κ3) is 2.28. The fourth-order valence-corrected chi connectivity index (χ4v) is 6.59. The maximum Gasteiger partial charge on any atom is 0.234 e. The molecule has 0 aromatic rings. The van der Waals surface area contributed by atoms with Crippen molar-refractivity contribution in [3.05, 3.63) is 0 Å². The van der Waals surface area contributed by atoms with Gasteiger partial charge < -0.3 is 9.90 Å². The molecule has 3 aliphatic rings. The number of carboxylic acids is 1. The lowest BCUT2D eigenvalue weighted by Crippen LogP contribution is -2.51. The molecule has 1 aliphatic heterocycles. The normalized spacial score (nSPS) is 41.1.